The maximum absolute atomic E-state index is 13.2. The minimum absolute atomic E-state index is 0.00409. The van der Waals surface area contributed by atoms with Gasteiger partial charge >= 0.3 is 0 Å². The second-order valence-electron chi connectivity index (χ2n) is 8.68. The molecule has 33 heavy (non-hydrogen) atoms. The van der Waals surface area contributed by atoms with E-state index in [4.69, 9.17) is 0 Å². The molecule has 2 amide bonds. The van der Waals surface area contributed by atoms with E-state index in [2.05, 4.69) is 44.6 Å². The largest absolute Gasteiger partial charge is 0.356 e. The molecule has 1 atom stereocenters. The van der Waals surface area contributed by atoms with Gasteiger partial charge in [-0.05, 0) is 56.4 Å². The fourth-order valence-electron chi connectivity index (χ4n) is 4.52. The van der Waals surface area contributed by atoms with Crippen LogP contribution in [-0.2, 0) is 22.6 Å². The van der Waals surface area contributed by atoms with Crippen molar-refractivity contribution in [3.63, 3.8) is 0 Å². The molecule has 1 N–H and O–H groups in total. The first-order valence-corrected chi connectivity index (χ1v) is 11.3. The van der Waals surface area contributed by atoms with Crippen LogP contribution < -0.4 is 5.32 Å². The van der Waals surface area contributed by atoms with E-state index in [9.17, 15) is 9.59 Å². The van der Waals surface area contributed by atoms with E-state index in [0.29, 0.717) is 44.1 Å². The summed E-state index contributed by atoms with van der Waals surface area (Å²) in [5.41, 5.74) is 2.57. The summed E-state index contributed by atoms with van der Waals surface area (Å²) in [7, 11) is 0. The van der Waals surface area contributed by atoms with Gasteiger partial charge in [0.1, 0.15) is 18.2 Å². The standard InChI is InChI=1S/C25H30N6O2/c1-4-27-24(33)25(14-20-7-9-21(10-8-20)22-6-5-12-26-15-22)11-13-30(17-25)23(32)16-31-19(3)28-18(2)29-31/h5-10,12,15H,4,11,13-14,16-17H2,1-3H3,(H,27,33). The molecule has 172 valence electrons. The molecule has 0 saturated carbocycles. The molecule has 1 fully saturated rings. The van der Waals surface area contributed by atoms with Crippen LogP contribution in [-0.4, -0.2) is 56.1 Å². The topological polar surface area (TPSA) is 93.0 Å². The minimum Gasteiger partial charge on any atom is -0.356 e. The Labute approximate surface area is 194 Å². The van der Waals surface area contributed by atoms with Gasteiger partial charge in [-0.25, -0.2) is 9.67 Å². The molecule has 1 aliphatic heterocycles. The molecule has 1 aliphatic rings. The van der Waals surface area contributed by atoms with Crippen LogP contribution in [0.4, 0.5) is 0 Å². The Hall–Kier alpha value is -3.55. The number of amides is 2. The van der Waals surface area contributed by atoms with Crippen LogP contribution >= 0.6 is 0 Å². The normalized spacial score (nSPS) is 17.8. The number of aryl methyl sites for hydroxylation is 2. The van der Waals surface area contributed by atoms with Gasteiger partial charge in [0.2, 0.25) is 11.8 Å². The zero-order valence-electron chi connectivity index (χ0n) is 19.4. The van der Waals surface area contributed by atoms with Gasteiger partial charge in [0, 0.05) is 32.0 Å². The second kappa shape index (κ2) is 9.52. The highest BCUT2D eigenvalue weighted by Crippen LogP contribution is 2.35. The number of rotatable bonds is 7. The summed E-state index contributed by atoms with van der Waals surface area (Å²) in [4.78, 5) is 36.4. The first kappa shape index (κ1) is 22.6. The Morgan fingerprint density at radius 1 is 1.12 bits per heavy atom. The van der Waals surface area contributed by atoms with Gasteiger partial charge in [0.15, 0.2) is 0 Å². The number of hydrogen-bond acceptors (Lipinski definition) is 5. The molecule has 8 heteroatoms. The van der Waals surface area contributed by atoms with Crippen molar-refractivity contribution in [2.75, 3.05) is 19.6 Å². The average Bonchev–Trinajstić information content (AvgIpc) is 3.38. The number of carbonyl (C=O) groups excluding carboxylic acids is 2. The predicted octanol–water partition coefficient (Wildman–Crippen LogP) is 2.55. The van der Waals surface area contributed by atoms with Gasteiger partial charge in [-0.3, -0.25) is 14.6 Å². The molecule has 0 bridgehead atoms. The number of hydrogen-bond donors (Lipinski definition) is 1. The van der Waals surface area contributed by atoms with Gasteiger partial charge in [0.05, 0.1) is 5.41 Å². The van der Waals surface area contributed by atoms with E-state index < -0.39 is 5.41 Å². The van der Waals surface area contributed by atoms with Gasteiger partial charge in [-0.1, -0.05) is 30.3 Å². The van der Waals surface area contributed by atoms with Crippen molar-refractivity contribution in [1.29, 1.82) is 0 Å². The smallest absolute Gasteiger partial charge is 0.244 e. The number of pyridine rings is 1. The van der Waals surface area contributed by atoms with E-state index in [0.717, 1.165) is 16.7 Å². The molecule has 3 heterocycles. The first-order chi connectivity index (χ1) is 15.9. The first-order valence-electron chi connectivity index (χ1n) is 11.3. The number of carbonyl (C=O) groups is 2. The van der Waals surface area contributed by atoms with E-state index in [1.165, 1.54) is 0 Å². The highest BCUT2D eigenvalue weighted by atomic mass is 16.2. The minimum atomic E-state index is -0.644. The number of benzene rings is 1. The Kier molecular flexibility index (Phi) is 6.53. The van der Waals surface area contributed by atoms with Crippen molar-refractivity contribution < 1.29 is 9.59 Å². The molecule has 1 aromatic carbocycles. The SMILES string of the molecule is CCNC(=O)C1(Cc2ccc(-c3cccnc3)cc2)CCN(C(=O)Cn2nc(C)nc2C)C1. The van der Waals surface area contributed by atoms with Gasteiger partial charge in [-0.15, -0.1) is 0 Å². The van der Waals surface area contributed by atoms with Crippen molar-refractivity contribution in [3.8, 4) is 11.1 Å². The molecule has 8 nitrogen and oxygen atoms in total. The predicted molar refractivity (Wildman–Crippen MR) is 125 cm³/mol. The van der Waals surface area contributed by atoms with Crippen molar-refractivity contribution in [2.45, 2.75) is 40.2 Å². The van der Waals surface area contributed by atoms with Gasteiger partial charge in [0.25, 0.3) is 0 Å². The third-order valence-corrected chi connectivity index (χ3v) is 6.26. The maximum atomic E-state index is 13.2. The number of nitrogens with zero attached hydrogens (tertiary/aromatic N) is 5. The van der Waals surface area contributed by atoms with Crippen molar-refractivity contribution in [3.05, 3.63) is 66.0 Å². The lowest BCUT2D eigenvalue weighted by atomic mass is 9.79. The lowest BCUT2D eigenvalue weighted by molar-refractivity contribution is -0.133. The Morgan fingerprint density at radius 3 is 2.55 bits per heavy atom. The number of likely N-dealkylation sites (tertiary alicyclic amines) is 1. The summed E-state index contributed by atoms with van der Waals surface area (Å²) in [6.07, 6.45) is 4.80. The van der Waals surface area contributed by atoms with E-state index in [1.807, 2.05) is 39.1 Å². The van der Waals surface area contributed by atoms with Crippen LogP contribution in [0, 0.1) is 19.3 Å². The van der Waals surface area contributed by atoms with Crippen molar-refractivity contribution in [1.82, 2.24) is 30.0 Å². The van der Waals surface area contributed by atoms with E-state index >= 15 is 0 Å². The Balaban J connectivity index is 1.50. The van der Waals surface area contributed by atoms with Gasteiger partial charge < -0.3 is 10.2 Å². The summed E-state index contributed by atoms with van der Waals surface area (Å²) in [6, 6.07) is 12.2. The molecular formula is C25H30N6O2. The van der Waals surface area contributed by atoms with Crippen molar-refractivity contribution >= 4 is 11.8 Å². The molecule has 0 radical (unpaired) electrons. The summed E-state index contributed by atoms with van der Waals surface area (Å²) in [6.45, 7) is 7.21. The third-order valence-electron chi connectivity index (χ3n) is 6.26. The van der Waals surface area contributed by atoms with Gasteiger partial charge in [-0.2, -0.15) is 5.10 Å². The van der Waals surface area contributed by atoms with Crippen LogP contribution in [0.1, 0.15) is 30.6 Å². The van der Waals surface area contributed by atoms with Crippen LogP contribution in [0.5, 0.6) is 0 Å². The molecule has 1 unspecified atom stereocenters. The molecular weight excluding hydrogens is 416 g/mol. The van der Waals surface area contributed by atoms with Crippen LogP contribution in [0.15, 0.2) is 48.8 Å². The van der Waals surface area contributed by atoms with Crippen molar-refractivity contribution in [2.24, 2.45) is 5.41 Å². The summed E-state index contributed by atoms with van der Waals surface area (Å²) in [5, 5.41) is 7.29. The molecule has 0 aliphatic carbocycles. The fourth-order valence-corrected chi connectivity index (χ4v) is 4.52. The molecule has 0 spiro atoms. The molecule has 3 aromatic rings. The van der Waals surface area contributed by atoms with Crippen LogP contribution in [0.3, 0.4) is 0 Å². The highest BCUT2D eigenvalue weighted by molar-refractivity contribution is 5.85. The lowest BCUT2D eigenvalue weighted by Gasteiger charge is -2.28. The van der Waals surface area contributed by atoms with E-state index in [-0.39, 0.29) is 18.4 Å². The lowest BCUT2D eigenvalue weighted by Crippen LogP contribution is -2.45. The average molecular weight is 447 g/mol. The zero-order chi connectivity index (χ0) is 23.4. The zero-order valence-corrected chi connectivity index (χ0v) is 19.4. The molecule has 4 rings (SSSR count). The summed E-state index contributed by atoms with van der Waals surface area (Å²) >= 11 is 0. The number of aromatic nitrogens is 4. The number of nitrogens with one attached hydrogen (secondary N) is 1. The molecule has 2 aromatic heterocycles. The Bertz CT molecular complexity index is 1130. The quantitative estimate of drug-likeness (QED) is 0.602. The fraction of sp³-hybridized carbons (Fsp3) is 0.400. The maximum Gasteiger partial charge on any atom is 0.244 e. The summed E-state index contributed by atoms with van der Waals surface area (Å²) in [5.74, 6) is 1.32. The van der Waals surface area contributed by atoms with Crippen LogP contribution in [0.25, 0.3) is 11.1 Å². The third kappa shape index (κ3) is 4.94. The Morgan fingerprint density at radius 2 is 1.91 bits per heavy atom. The summed E-state index contributed by atoms with van der Waals surface area (Å²) < 4.78 is 1.63. The monoisotopic (exact) mass is 446 g/mol. The molecule has 1 saturated heterocycles. The van der Waals surface area contributed by atoms with E-state index in [1.54, 1.807) is 15.8 Å². The second-order valence-corrected chi connectivity index (χ2v) is 8.68. The highest BCUT2D eigenvalue weighted by Gasteiger charge is 2.45. The van der Waals surface area contributed by atoms with Crippen LogP contribution in [0.2, 0.25) is 0 Å².